The number of halogens is 2. The quantitative estimate of drug-likeness (QED) is 0.496. The molecule has 1 aliphatic heterocycles. The number of fused-ring (bicyclic) bond motifs is 1. The Morgan fingerprint density at radius 3 is 2.97 bits per heavy atom. The average molecular weight is 438 g/mol. The highest BCUT2D eigenvalue weighted by molar-refractivity contribution is 5.90. The number of carbonyl (C=O) groups is 1. The molecule has 1 amide bonds. The van der Waals surface area contributed by atoms with Gasteiger partial charge in [-0.25, -0.2) is 23.4 Å². The number of hydrogen-bond acceptors (Lipinski definition) is 6. The molecule has 0 bridgehead atoms. The number of carbonyl (C=O) groups excluding carboxylic acids is 1. The molecule has 2 N–H and O–H groups in total. The number of rotatable bonds is 4. The number of ether oxygens (including phenoxy) is 1. The lowest BCUT2D eigenvalue weighted by Gasteiger charge is -2.32. The zero-order valence-electron chi connectivity index (χ0n) is 17.1. The number of anilines is 1. The Kier molecular flexibility index (Phi) is 5.98. The Labute approximate surface area is 182 Å². The topological polar surface area (TPSA) is 99.2 Å². The average Bonchev–Trinajstić information content (AvgIpc) is 3.18. The maximum Gasteiger partial charge on any atom is 0.246 e. The van der Waals surface area contributed by atoms with Gasteiger partial charge in [-0.3, -0.25) is 4.79 Å². The van der Waals surface area contributed by atoms with Crippen molar-refractivity contribution in [3.8, 4) is 17.6 Å². The van der Waals surface area contributed by atoms with Gasteiger partial charge in [0.25, 0.3) is 0 Å². The van der Waals surface area contributed by atoms with Crippen molar-refractivity contribution in [2.24, 2.45) is 0 Å². The summed E-state index contributed by atoms with van der Waals surface area (Å²) in [6.45, 7) is 4.61. The number of amides is 1. The van der Waals surface area contributed by atoms with Gasteiger partial charge in [-0.1, -0.05) is 12.5 Å². The van der Waals surface area contributed by atoms with Crippen LogP contribution in [0.1, 0.15) is 24.6 Å². The van der Waals surface area contributed by atoms with Crippen molar-refractivity contribution in [3.05, 3.63) is 54.5 Å². The van der Waals surface area contributed by atoms with E-state index < -0.39 is 11.6 Å². The minimum absolute atomic E-state index is 0.0714. The summed E-state index contributed by atoms with van der Waals surface area (Å²) in [7, 11) is 0. The van der Waals surface area contributed by atoms with Crippen LogP contribution in [0.15, 0.2) is 37.2 Å². The minimum atomic E-state index is -0.999. The SMILES string of the molecule is C=CC(=O)N1CCCC(n2nc(C#CCOc3ccc(F)c(F)c3)c3c(N)ncnc32)C1. The van der Waals surface area contributed by atoms with Crippen LogP contribution in [0, 0.1) is 23.5 Å². The number of piperidine rings is 1. The van der Waals surface area contributed by atoms with Gasteiger partial charge in [-0.15, -0.1) is 0 Å². The molecule has 164 valence electrons. The standard InChI is InChI=1S/C22H20F2N6O2/c1-2-19(31)29-9-3-5-14(12-29)30-22-20(21(25)26-13-27-22)18(28-30)6-4-10-32-15-7-8-16(23)17(24)11-15/h2,7-8,11,13-14H,1,3,5,9-10,12H2,(H2,25,26,27). The van der Waals surface area contributed by atoms with Crippen LogP contribution < -0.4 is 10.5 Å². The van der Waals surface area contributed by atoms with E-state index in [1.54, 1.807) is 9.58 Å². The first-order chi connectivity index (χ1) is 15.5. The van der Waals surface area contributed by atoms with E-state index in [2.05, 4.69) is 33.5 Å². The summed E-state index contributed by atoms with van der Waals surface area (Å²) in [5, 5.41) is 5.11. The third-order valence-corrected chi connectivity index (χ3v) is 5.16. The third kappa shape index (κ3) is 4.23. The van der Waals surface area contributed by atoms with Gasteiger partial charge in [0.1, 0.15) is 30.2 Å². The number of hydrogen-bond donors (Lipinski definition) is 1. The first-order valence-corrected chi connectivity index (χ1v) is 9.94. The van der Waals surface area contributed by atoms with Gasteiger partial charge in [-0.2, -0.15) is 5.10 Å². The Hall–Kier alpha value is -4.00. The maximum atomic E-state index is 13.3. The molecule has 1 atom stereocenters. The molecule has 3 heterocycles. The van der Waals surface area contributed by atoms with Gasteiger partial charge in [0, 0.05) is 19.2 Å². The first-order valence-electron chi connectivity index (χ1n) is 9.94. The summed E-state index contributed by atoms with van der Waals surface area (Å²) in [5.41, 5.74) is 6.97. The summed E-state index contributed by atoms with van der Waals surface area (Å²) in [5.74, 6) is 4.02. The Bertz CT molecular complexity index is 1250. The van der Waals surface area contributed by atoms with Crippen molar-refractivity contribution in [3.63, 3.8) is 0 Å². The molecule has 0 radical (unpaired) electrons. The van der Waals surface area contributed by atoms with Crippen molar-refractivity contribution in [2.75, 3.05) is 25.4 Å². The fraction of sp³-hybridized carbons (Fsp3) is 0.273. The summed E-state index contributed by atoms with van der Waals surface area (Å²) in [4.78, 5) is 22.1. The number of nitrogen functional groups attached to an aromatic ring is 1. The van der Waals surface area contributed by atoms with Gasteiger partial charge in [0.2, 0.25) is 5.91 Å². The van der Waals surface area contributed by atoms with Crippen LogP contribution in [0.5, 0.6) is 5.75 Å². The van der Waals surface area contributed by atoms with Crippen molar-refractivity contribution in [2.45, 2.75) is 18.9 Å². The van der Waals surface area contributed by atoms with Crippen LogP contribution in [-0.2, 0) is 4.79 Å². The summed E-state index contributed by atoms with van der Waals surface area (Å²) in [6.07, 6.45) is 4.28. The molecule has 0 spiro atoms. The first kappa shape index (κ1) is 21.2. The van der Waals surface area contributed by atoms with E-state index in [-0.39, 0.29) is 30.1 Å². The number of nitrogens with two attached hydrogens (primary N) is 1. The molecule has 0 saturated carbocycles. The fourth-order valence-corrected chi connectivity index (χ4v) is 3.63. The predicted octanol–water partition coefficient (Wildman–Crippen LogP) is 2.47. The number of aromatic nitrogens is 4. The molecule has 8 nitrogen and oxygen atoms in total. The van der Waals surface area contributed by atoms with E-state index in [0.29, 0.717) is 29.8 Å². The third-order valence-electron chi connectivity index (χ3n) is 5.16. The molecule has 4 rings (SSSR count). The second-order valence-electron chi connectivity index (χ2n) is 7.20. The molecule has 1 fully saturated rings. The molecule has 1 aromatic carbocycles. The minimum Gasteiger partial charge on any atom is -0.481 e. The summed E-state index contributed by atoms with van der Waals surface area (Å²) in [6, 6.07) is 3.15. The maximum absolute atomic E-state index is 13.3. The van der Waals surface area contributed by atoms with Gasteiger partial charge >= 0.3 is 0 Å². The highest BCUT2D eigenvalue weighted by Gasteiger charge is 2.27. The molecule has 32 heavy (non-hydrogen) atoms. The van der Waals surface area contributed by atoms with Crippen LogP contribution in [0.4, 0.5) is 14.6 Å². The van der Waals surface area contributed by atoms with E-state index in [4.69, 9.17) is 10.5 Å². The molecule has 3 aromatic rings. The highest BCUT2D eigenvalue weighted by atomic mass is 19.2. The summed E-state index contributed by atoms with van der Waals surface area (Å²) >= 11 is 0. The van der Waals surface area contributed by atoms with Gasteiger partial charge in [-0.05, 0) is 37.0 Å². The molecule has 1 aliphatic rings. The lowest BCUT2D eigenvalue weighted by Crippen LogP contribution is -2.40. The normalized spacial score (nSPS) is 15.8. The van der Waals surface area contributed by atoms with E-state index in [1.165, 1.54) is 18.5 Å². The Balaban J connectivity index is 1.59. The monoisotopic (exact) mass is 438 g/mol. The summed E-state index contributed by atoms with van der Waals surface area (Å²) < 4.78 is 33.4. The molecular formula is C22H20F2N6O2. The number of likely N-dealkylation sites (tertiary alicyclic amines) is 1. The number of benzene rings is 1. The van der Waals surface area contributed by atoms with Gasteiger partial charge in [0.05, 0.1) is 11.4 Å². The molecule has 10 heteroatoms. The van der Waals surface area contributed by atoms with Crippen molar-refractivity contribution in [1.29, 1.82) is 0 Å². The zero-order valence-corrected chi connectivity index (χ0v) is 17.1. The predicted molar refractivity (Wildman–Crippen MR) is 114 cm³/mol. The van der Waals surface area contributed by atoms with Crippen LogP contribution >= 0.6 is 0 Å². The van der Waals surface area contributed by atoms with E-state index in [0.717, 1.165) is 25.0 Å². The zero-order chi connectivity index (χ0) is 22.7. The van der Waals surface area contributed by atoms with E-state index >= 15 is 0 Å². The van der Waals surface area contributed by atoms with Crippen LogP contribution in [0.2, 0.25) is 0 Å². The molecule has 1 saturated heterocycles. The number of nitrogens with zero attached hydrogens (tertiary/aromatic N) is 5. The molecule has 2 aromatic heterocycles. The smallest absolute Gasteiger partial charge is 0.246 e. The van der Waals surface area contributed by atoms with E-state index in [9.17, 15) is 13.6 Å². The van der Waals surface area contributed by atoms with Crippen molar-refractivity contribution >= 4 is 22.8 Å². The fourth-order valence-electron chi connectivity index (χ4n) is 3.63. The van der Waals surface area contributed by atoms with Crippen LogP contribution in [0.25, 0.3) is 11.0 Å². The lowest BCUT2D eigenvalue weighted by atomic mass is 10.1. The van der Waals surface area contributed by atoms with Crippen LogP contribution in [0.3, 0.4) is 0 Å². The largest absolute Gasteiger partial charge is 0.481 e. The molecular weight excluding hydrogens is 418 g/mol. The van der Waals surface area contributed by atoms with Crippen molar-refractivity contribution in [1.82, 2.24) is 24.6 Å². The lowest BCUT2D eigenvalue weighted by molar-refractivity contribution is -0.127. The molecule has 0 aliphatic carbocycles. The van der Waals surface area contributed by atoms with Crippen LogP contribution in [-0.4, -0.2) is 50.3 Å². The van der Waals surface area contributed by atoms with Gasteiger partial charge < -0.3 is 15.4 Å². The Morgan fingerprint density at radius 2 is 2.19 bits per heavy atom. The van der Waals surface area contributed by atoms with Gasteiger partial charge in [0.15, 0.2) is 17.3 Å². The van der Waals surface area contributed by atoms with E-state index in [1.807, 2.05) is 0 Å². The van der Waals surface area contributed by atoms with Crippen molar-refractivity contribution < 1.29 is 18.3 Å². The highest BCUT2D eigenvalue weighted by Crippen LogP contribution is 2.28. The Morgan fingerprint density at radius 1 is 1.34 bits per heavy atom. The molecule has 1 unspecified atom stereocenters. The second-order valence-corrected chi connectivity index (χ2v) is 7.20. The second kappa shape index (κ2) is 9.01.